The average molecular weight is 257 g/mol. The fourth-order valence-corrected chi connectivity index (χ4v) is 2.63. The molecular weight excluding hydrogens is 238 g/mol. The van der Waals surface area contributed by atoms with E-state index < -0.39 is 0 Å². The lowest BCUT2D eigenvalue weighted by Crippen LogP contribution is -2.51. The van der Waals surface area contributed by atoms with Crippen molar-refractivity contribution < 1.29 is 4.79 Å². The Hall–Kier alpha value is -1.84. The van der Waals surface area contributed by atoms with Gasteiger partial charge in [0.25, 0.3) is 5.91 Å². The highest BCUT2D eigenvalue weighted by molar-refractivity contribution is 5.93. The fourth-order valence-electron chi connectivity index (χ4n) is 2.63. The molecule has 4 nitrogen and oxygen atoms in total. The molecule has 0 aromatic carbocycles. The van der Waals surface area contributed by atoms with Gasteiger partial charge in [-0.05, 0) is 44.7 Å². The Morgan fingerprint density at radius 2 is 2.21 bits per heavy atom. The van der Waals surface area contributed by atoms with E-state index in [0.29, 0.717) is 11.6 Å². The maximum Gasteiger partial charge on any atom is 0.271 e. The summed E-state index contributed by atoms with van der Waals surface area (Å²) in [6, 6.07) is 5.74. The van der Waals surface area contributed by atoms with E-state index in [1.165, 1.54) is 19.3 Å². The smallest absolute Gasteiger partial charge is 0.271 e. The van der Waals surface area contributed by atoms with Gasteiger partial charge in [-0.3, -0.25) is 4.79 Å². The number of fused-ring (bicyclic) bond motifs is 1. The maximum atomic E-state index is 12.3. The zero-order valence-corrected chi connectivity index (χ0v) is 11.4. The van der Waals surface area contributed by atoms with Crippen LogP contribution in [0.5, 0.6) is 0 Å². The lowest BCUT2D eigenvalue weighted by atomic mass is 9.72. The molecule has 0 saturated heterocycles. The minimum Gasteiger partial charge on any atom is -0.345 e. The van der Waals surface area contributed by atoms with E-state index in [9.17, 15) is 4.79 Å². The second-order valence-electron chi connectivity index (χ2n) is 5.90. The Morgan fingerprint density at radius 3 is 2.84 bits per heavy atom. The molecule has 4 heteroatoms. The fraction of sp³-hybridized carbons (Fsp3) is 0.467. The Morgan fingerprint density at radius 1 is 1.42 bits per heavy atom. The van der Waals surface area contributed by atoms with Gasteiger partial charge in [-0.1, -0.05) is 12.5 Å². The van der Waals surface area contributed by atoms with E-state index in [1.807, 2.05) is 28.8 Å². The van der Waals surface area contributed by atoms with Crippen molar-refractivity contribution in [2.75, 3.05) is 0 Å². The number of aromatic nitrogens is 2. The highest BCUT2D eigenvalue weighted by Gasteiger charge is 2.35. The summed E-state index contributed by atoms with van der Waals surface area (Å²) in [6.45, 7) is 4.20. The molecule has 0 atom stereocenters. The molecule has 2 aromatic heterocycles. The Balaban J connectivity index is 1.79. The summed E-state index contributed by atoms with van der Waals surface area (Å²) in [5, 5.41) is 3.12. The van der Waals surface area contributed by atoms with Crippen LogP contribution in [0.4, 0.5) is 0 Å². The van der Waals surface area contributed by atoms with E-state index in [2.05, 4.69) is 24.1 Å². The first-order chi connectivity index (χ1) is 9.06. The van der Waals surface area contributed by atoms with Crippen molar-refractivity contribution in [1.29, 1.82) is 0 Å². The average Bonchev–Trinajstić information content (AvgIpc) is 2.68. The van der Waals surface area contributed by atoms with Crippen molar-refractivity contribution in [1.82, 2.24) is 14.7 Å². The summed E-state index contributed by atoms with van der Waals surface area (Å²) in [5.74, 6) is 0.508. The van der Waals surface area contributed by atoms with Crippen molar-refractivity contribution >= 4 is 11.6 Å². The second-order valence-corrected chi connectivity index (χ2v) is 5.90. The number of amides is 1. The monoisotopic (exact) mass is 257 g/mol. The van der Waals surface area contributed by atoms with Crippen molar-refractivity contribution in [3.05, 3.63) is 36.3 Å². The number of hydrogen-bond acceptors (Lipinski definition) is 2. The molecule has 1 saturated carbocycles. The third-order valence-electron chi connectivity index (χ3n) is 4.16. The topological polar surface area (TPSA) is 46.4 Å². The van der Waals surface area contributed by atoms with Gasteiger partial charge in [-0.2, -0.15) is 0 Å². The molecule has 1 N–H and O–H groups in total. The van der Waals surface area contributed by atoms with E-state index in [0.717, 1.165) is 5.65 Å². The van der Waals surface area contributed by atoms with Crippen LogP contribution in [0.1, 0.15) is 43.6 Å². The van der Waals surface area contributed by atoms with E-state index in [-0.39, 0.29) is 11.4 Å². The summed E-state index contributed by atoms with van der Waals surface area (Å²) in [7, 11) is 0. The molecule has 0 aliphatic heterocycles. The van der Waals surface area contributed by atoms with E-state index in [4.69, 9.17) is 0 Å². The highest BCUT2D eigenvalue weighted by Crippen LogP contribution is 2.35. The summed E-state index contributed by atoms with van der Waals surface area (Å²) >= 11 is 0. The minimum atomic E-state index is -0.148. The number of nitrogens with zero attached hydrogens (tertiary/aromatic N) is 2. The number of nitrogens with one attached hydrogen (secondary N) is 1. The second kappa shape index (κ2) is 4.37. The lowest BCUT2D eigenvalue weighted by Gasteiger charge is -2.40. The molecule has 3 rings (SSSR count). The first-order valence-corrected chi connectivity index (χ1v) is 6.82. The number of carbonyl (C=O) groups is 1. The molecule has 2 aromatic rings. The molecular formula is C15H19N3O. The quantitative estimate of drug-likeness (QED) is 0.918. The van der Waals surface area contributed by atoms with Crippen LogP contribution in [-0.2, 0) is 0 Å². The molecule has 0 spiro atoms. The van der Waals surface area contributed by atoms with Crippen LogP contribution in [0, 0.1) is 5.92 Å². The first-order valence-electron chi connectivity index (χ1n) is 6.82. The number of hydrogen-bond donors (Lipinski definition) is 1. The van der Waals surface area contributed by atoms with Crippen LogP contribution in [0.15, 0.2) is 30.6 Å². The van der Waals surface area contributed by atoms with Crippen LogP contribution < -0.4 is 5.32 Å². The molecule has 1 fully saturated rings. The Labute approximate surface area is 112 Å². The van der Waals surface area contributed by atoms with Gasteiger partial charge >= 0.3 is 0 Å². The van der Waals surface area contributed by atoms with E-state index in [1.54, 1.807) is 6.20 Å². The Bertz CT molecular complexity index is 578. The number of carbonyl (C=O) groups excluding carboxylic acids is 1. The molecule has 0 radical (unpaired) electrons. The van der Waals surface area contributed by atoms with Gasteiger partial charge in [0.1, 0.15) is 11.3 Å². The summed E-state index contributed by atoms with van der Waals surface area (Å²) in [6.07, 6.45) is 7.37. The van der Waals surface area contributed by atoms with Gasteiger partial charge in [0.15, 0.2) is 0 Å². The first kappa shape index (κ1) is 12.2. The van der Waals surface area contributed by atoms with Gasteiger partial charge in [0, 0.05) is 17.9 Å². The SMILES string of the molecule is CC(C)(NC(=O)c1cn2ccccc2n1)C1CCC1. The molecule has 100 valence electrons. The predicted molar refractivity (Wildman–Crippen MR) is 74.1 cm³/mol. The van der Waals surface area contributed by atoms with Crippen molar-refractivity contribution in [2.45, 2.75) is 38.6 Å². The van der Waals surface area contributed by atoms with Gasteiger partial charge in [0.05, 0.1) is 0 Å². The molecule has 1 aliphatic rings. The van der Waals surface area contributed by atoms with Gasteiger partial charge < -0.3 is 9.72 Å². The number of rotatable bonds is 3. The van der Waals surface area contributed by atoms with Crippen LogP contribution >= 0.6 is 0 Å². The zero-order chi connectivity index (χ0) is 13.5. The molecule has 0 unspecified atom stereocenters. The lowest BCUT2D eigenvalue weighted by molar-refractivity contribution is 0.0822. The van der Waals surface area contributed by atoms with Gasteiger partial charge in [0.2, 0.25) is 0 Å². The van der Waals surface area contributed by atoms with Gasteiger partial charge in [-0.15, -0.1) is 0 Å². The third kappa shape index (κ3) is 2.23. The third-order valence-corrected chi connectivity index (χ3v) is 4.16. The standard InChI is InChI=1S/C15H19N3O/c1-15(2,11-6-5-7-11)17-14(19)12-10-18-9-4-3-8-13(18)16-12/h3-4,8-11H,5-7H2,1-2H3,(H,17,19). The molecule has 0 bridgehead atoms. The number of pyridine rings is 1. The number of imidazole rings is 1. The molecule has 1 amide bonds. The van der Waals surface area contributed by atoms with Crippen LogP contribution in [0.2, 0.25) is 0 Å². The predicted octanol–water partition coefficient (Wildman–Crippen LogP) is 2.64. The molecule has 19 heavy (non-hydrogen) atoms. The highest BCUT2D eigenvalue weighted by atomic mass is 16.2. The van der Waals surface area contributed by atoms with Crippen molar-refractivity contribution in [3.63, 3.8) is 0 Å². The maximum absolute atomic E-state index is 12.3. The summed E-state index contributed by atoms with van der Waals surface area (Å²) in [5.41, 5.74) is 1.14. The van der Waals surface area contributed by atoms with Crippen LogP contribution in [0.25, 0.3) is 5.65 Å². The van der Waals surface area contributed by atoms with Crippen molar-refractivity contribution in [2.24, 2.45) is 5.92 Å². The molecule has 2 heterocycles. The summed E-state index contributed by atoms with van der Waals surface area (Å²) < 4.78 is 1.87. The zero-order valence-electron chi connectivity index (χ0n) is 11.4. The largest absolute Gasteiger partial charge is 0.345 e. The van der Waals surface area contributed by atoms with Crippen molar-refractivity contribution in [3.8, 4) is 0 Å². The normalized spacial score (nSPS) is 16.3. The van der Waals surface area contributed by atoms with E-state index >= 15 is 0 Å². The van der Waals surface area contributed by atoms with Crippen LogP contribution in [0.3, 0.4) is 0 Å². The van der Waals surface area contributed by atoms with Crippen LogP contribution in [-0.4, -0.2) is 20.8 Å². The Kier molecular flexibility index (Phi) is 2.81. The van der Waals surface area contributed by atoms with Gasteiger partial charge in [-0.25, -0.2) is 4.98 Å². The summed E-state index contributed by atoms with van der Waals surface area (Å²) in [4.78, 5) is 16.6. The minimum absolute atomic E-state index is 0.0828. The molecule has 1 aliphatic carbocycles.